The predicted octanol–water partition coefficient (Wildman–Crippen LogP) is 1.89. The number of alkyl halides is 3. The molecule has 1 N–H and O–H groups in total. The molecule has 0 saturated carbocycles. The van der Waals surface area contributed by atoms with Crippen molar-refractivity contribution in [2.75, 3.05) is 50.7 Å². The van der Waals surface area contributed by atoms with Gasteiger partial charge in [0.15, 0.2) is 5.82 Å². The second kappa shape index (κ2) is 7.67. The maximum Gasteiger partial charge on any atom is 0.401 e. The van der Waals surface area contributed by atoms with Crippen molar-refractivity contribution in [3.8, 4) is 5.69 Å². The quantitative estimate of drug-likeness (QED) is 0.785. The Morgan fingerprint density at radius 3 is 2.60 bits per heavy atom. The van der Waals surface area contributed by atoms with Gasteiger partial charge >= 0.3 is 6.18 Å². The van der Waals surface area contributed by atoms with Crippen molar-refractivity contribution in [3.05, 3.63) is 34.6 Å². The standard InChI is InChI=1S/C19H23ClF3N7/c20-14-1-2-16-13(7-14)8-29(15-9-27(10-15)12-19(21,22)23)11-17-25-26-18(30(16)17)28-5-3-24-4-6-28/h1-2,7,15,24H,3-6,8-12H2. The number of anilines is 1. The van der Waals surface area contributed by atoms with Crippen LogP contribution >= 0.6 is 11.6 Å². The smallest absolute Gasteiger partial charge is 0.338 e. The largest absolute Gasteiger partial charge is 0.401 e. The van der Waals surface area contributed by atoms with E-state index in [1.165, 1.54) is 4.90 Å². The van der Waals surface area contributed by atoms with Crippen LogP contribution in [0, 0.1) is 0 Å². The zero-order valence-corrected chi connectivity index (χ0v) is 17.1. The number of nitrogens with one attached hydrogen (secondary N) is 1. The lowest BCUT2D eigenvalue weighted by molar-refractivity contribution is -0.161. The zero-order chi connectivity index (χ0) is 20.9. The van der Waals surface area contributed by atoms with Gasteiger partial charge in [-0.3, -0.25) is 14.4 Å². The van der Waals surface area contributed by atoms with Crippen molar-refractivity contribution < 1.29 is 13.2 Å². The molecule has 0 unspecified atom stereocenters. The number of halogens is 4. The molecule has 0 aliphatic carbocycles. The van der Waals surface area contributed by atoms with Gasteiger partial charge in [0.2, 0.25) is 5.95 Å². The van der Waals surface area contributed by atoms with Crippen molar-refractivity contribution in [1.29, 1.82) is 0 Å². The average molecular weight is 442 g/mol. The van der Waals surface area contributed by atoms with Gasteiger partial charge in [0.1, 0.15) is 0 Å². The van der Waals surface area contributed by atoms with Crippen LogP contribution in [0.1, 0.15) is 11.4 Å². The van der Waals surface area contributed by atoms with Crippen molar-refractivity contribution in [2.45, 2.75) is 25.3 Å². The van der Waals surface area contributed by atoms with Crippen molar-refractivity contribution in [1.82, 2.24) is 29.9 Å². The highest BCUT2D eigenvalue weighted by Gasteiger charge is 2.40. The summed E-state index contributed by atoms with van der Waals surface area (Å²) in [6.45, 7) is 4.56. The van der Waals surface area contributed by atoms with Crippen molar-refractivity contribution in [3.63, 3.8) is 0 Å². The summed E-state index contributed by atoms with van der Waals surface area (Å²) in [7, 11) is 0. The molecule has 0 amide bonds. The summed E-state index contributed by atoms with van der Waals surface area (Å²) >= 11 is 6.28. The topological polar surface area (TPSA) is 52.5 Å². The van der Waals surface area contributed by atoms with E-state index in [1.807, 2.05) is 18.2 Å². The number of hydrogen-bond donors (Lipinski definition) is 1. The van der Waals surface area contributed by atoms with Gasteiger partial charge in [0.25, 0.3) is 0 Å². The first kappa shape index (κ1) is 20.0. The molecule has 5 rings (SSSR count). The van der Waals surface area contributed by atoms with E-state index in [0.717, 1.165) is 49.2 Å². The summed E-state index contributed by atoms with van der Waals surface area (Å²) in [5, 5.41) is 12.9. The molecule has 0 bridgehead atoms. The Morgan fingerprint density at radius 1 is 1.10 bits per heavy atom. The molecule has 7 nitrogen and oxygen atoms in total. The van der Waals surface area contributed by atoms with Crippen LogP contribution in [-0.2, 0) is 13.1 Å². The van der Waals surface area contributed by atoms with E-state index in [2.05, 4.69) is 29.9 Å². The molecule has 0 spiro atoms. The van der Waals surface area contributed by atoms with Gasteiger partial charge in [-0.2, -0.15) is 13.2 Å². The Balaban J connectivity index is 1.44. The molecule has 30 heavy (non-hydrogen) atoms. The Bertz CT molecular complexity index is 919. The van der Waals surface area contributed by atoms with Crippen LogP contribution in [-0.4, -0.2) is 82.6 Å². The Hall–Kier alpha value is -1.88. The number of likely N-dealkylation sites (tertiary alicyclic amines) is 1. The van der Waals surface area contributed by atoms with E-state index in [-0.39, 0.29) is 6.04 Å². The second-order valence-electron chi connectivity index (χ2n) is 8.13. The first-order valence-electron chi connectivity index (χ1n) is 10.1. The molecule has 162 valence electrons. The molecule has 1 aromatic heterocycles. The molecular formula is C19H23ClF3N7. The lowest BCUT2D eigenvalue weighted by Crippen LogP contribution is -2.60. The first-order valence-corrected chi connectivity index (χ1v) is 10.5. The van der Waals surface area contributed by atoms with Crippen LogP contribution in [0.25, 0.3) is 5.69 Å². The molecular weight excluding hydrogens is 419 g/mol. The fourth-order valence-electron chi connectivity index (χ4n) is 4.50. The molecule has 1 aromatic carbocycles. The van der Waals surface area contributed by atoms with Crippen LogP contribution in [0.2, 0.25) is 5.02 Å². The summed E-state index contributed by atoms with van der Waals surface area (Å²) < 4.78 is 40.1. The number of hydrogen-bond acceptors (Lipinski definition) is 6. The zero-order valence-electron chi connectivity index (χ0n) is 16.4. The Kier molecular flexibility index (Phi) is 5.12. The molecule has 0 atom stereocenters. The Morgan fingerprint density at radius 2 is 1.87 bits per heavy atom. The number of piperazine rings is 1. The molecule has 2 fully saturated rings. The van der Waals surface area contributed by atoms with E-state index >= 15 is 0 Å². The molecule has 0 radical (unpaired) electrons. The summed E-state index contributed by atoms with van der Waals surface area (Å²) in [6, 6.07) is 5.82. The first-order chi connectivity index (χ1) is 14.4. The minimum Gasteiger partial charge on any atom is -0.338 e. The fourth-order valence-corrected chi connectivity index (χ4v) is 4.69. The summed E-state index contributed by atoms with van der Waals surface area (Å²) in [4.78, 5) is 5.85. The highest BCUT2D eigenvalue weighted by atomic mass is 35.5. The van der Waals surface area contributed by atoms with Crippen LogP contribution in [0.4, 0.5) is 19.1 Å². The molecule has 2 aromatic rings. The summed E-state index contributed by atoms with van der Waals surface area (Å²) in [5.74, 6) is 1.61. The third-order valence-electron chi connectivity index (χ3n) is 5.97. The minimum absolute atomic E-state index is 0.0464. The van der Waals surface area contributed by atoms with Gasteiger partial charge in [0.05, 0.1) is 18.8 Å². The molecule has 3 aliphatic heterocycles. The van der Waals surface area contributed by atoms with Gasteiger partial charge in [-0.25, -0.2) is 0 Å². The van der Waals surface area contributed by atoms with Gasteiger partial charge in [0, 0.05) is 56.9 Å². The van der Waals surface area contributed by atoms with Crippen LogP contribution < -0.4 is 10.2 Å². The van der Waals surface area contributed by atoms with Gasteiger partial charge in [-0.15, -0.1) is 10.2 Å². The molecule has 11 heteroatoms. The van der Waals surface area contributed by atoms with Crippen LogP contribution in [0.5, 0.6) is 0 Å². The van der Waals surface area contributed by atoms with Crippen LogP contribution in [0.3, 0.4) is 0 Å². The summed E-state index contributed by atoms with van der Waals surface area (Å²) in [5.41, 5.74) is 2.02. The number of fused-ring (bicyclic) bond motifs is 3. The molecule has 2 saturated heterocycles. The summed E-state index contributed by atoms with van der Waals surface area (Å²) in [6.07, 6.45) is -4.16. The highest BCUT2D eigenvalue weighted by Crippen LogP contribution is 2.33. The second-order valence-corrected chi connectivity index (χ2v) is 8.57. The third-order valence-corrected chi connectivity index (χ3v) is 6.21. The number of nitrogens with zero attached hydrogens (tertiary/aromatic N) is 6. The normalized spacial score (nSPS) is 21.1. The predicted molar refractivity (Wildman–Crippen MR) is 107 cm³/mol. The van der Waals surface area contributed by atoms with E-state index < -0.39 is 12.7 Å². The average Bonchev–Trinajstić information content (AvgIpc) is 3.00. The minimum atomic E-state index is -4.16. The van der Waals surface area contributed by atoms with Crippen LogP contribution in [0.15, 0.2) is 18.2 Å². The highest BCUT2D eigenvalue weighted by molar-refractivity contribution is 6.30. The lowest BCUT2D eigenvalue weighted by Gasteiger charge is -2.45. The maximum absolute atomic E-state index is 12.7. The monoisotopic (exact) mass is 441 g/mol. The number of aromatic nitrogens is 3. The third kappa shape index (κ3) is 3.89. The SMILES string of the molecule is FC(F)(F)CN1CC(N2Cc3cc(Cl)ccc3-n3c(nnc3N3CCNCC3)C2)C1. The van der Waals surface area contributed by atoms with E-state index in [0.29, 0.717) is 31.2 Å². The lowest BCUT2D eigenvalue weighted by atomic mass is 10.1. The molecule has 3 aliphatic rings. The number of rotatable bonds is 3. The van der Waals surface area contributed by atoms with Gasteiger partial charge in [-0.05, 0) is 23.8 Å². The van der Waals surface area contributed by atoms with E-state index in [4.69, 9.17) is 11.6 Å². The fraction of sp³-hybridized carbons (Fsp3) is 0.579. The van der Waals surface area contributed by atoms with Gasteiger partial charge in [-0.1, -0.05) is 11.6 Å². The van der Waals surface area contributed by atoms with Crippen molar-refractivity contribution in [2.24, 2.45) is 0 Å². The molecule has 4 heterocycles. The van der Waals surface area contributed by atoms with Crippen molar-refractivity contribution >= 4 is 17.5 Å². The van der Waals surface area contributed by atoms with E-state index in [1.54, 1.807) is 0 Å². The number of benzene rings is 1. The van der Waals surface area contributed by atoms with E-state index in [9.17, 15) is 13.2 Å². The maximum atomic E-state index is 12.7. The van der Waals surface area contributed by atoms with Gasteiger partial charge < -0.3 is 10.2 Å². The Labute approximate surface area is 177 Å².